The van der Waals surface area contributed by atoms with E-state index in [0.717, 1.165) is 34.9 Å². The zero-order valence-electron chi connectivity index (χ0n) is 13.2. The maximum Gasteiger partial charge on any atom is 0.332 e. The number of rotatable bonds is 1. The van der Waals surface area contributed by atoms with Gasteiger partial charge >= 0.3 is 6.03 Å². The Labute approximate surface area is 139 Å². The molecule has 2 aromatic rings. The summed E-state index contributed by atoms with van der Waals surface area (Å²) in [5.74, 6) is -0.943. The monoisotopic (exact) mass is 322 g/mol. The largest absolute Gasteiger partial charge is 0.332 e. The van der Waals surface area contributed by atoms with E-state index in [1.807, 2.05) is 30.3 Å². The minimum absolute atomic E-state index is 0.379. The minimum Gasteiger partial charge on any atom is -0.323 e. The van der Waals surface area contributed by atoms with E-state index >= 15 is 0 Å². The topological polar surface area (TPSA) is 66.5 Å². The number of urea groups is 1. The van der Waals surface area contributed by atoms with Gasteiger partial charge in [-0.25, -0.2) is 4.79 Å². The highest BCUT2D eigenvalue weighted by molar-refractivity contribution is 6.24. The molecule has 1 N–H and O–H groups in total. The number of hydrogen-bond acceptors (Lipinski definition) is 3. The Morgan fingerprint density at radius 3 is 2.46 bits per heavy atom. The van der Waals surface area contributed by atoms with E-state index < -0.39 is 23.4 Å². The van der Waals surface area contributed by atoms with Crippen molar-refractivity contribution in [3.63, 3.8) is 0 Å². The Kier molecular flexibility index (Phi) is 3.37. The lowest BCUT2D eigenvalue weighted by Crippen LogP contribution is -2.48. The molecule has 1 spiro atoms. The summed E-state index contributed by atoms with van der Waals surface area (Å²) in [6.07, 6.45) is 4.06. The van der Waals surface area contributed by atoms with Gasteiger partial charge in [0.2, 0.25) is 0 Å². The molecule has 1 aliphatic heterocycles. The number of carbonyl (C=O) groups excluding carboxylic acids is 3. The highest BCUT2D eigenvalue weighted by Gasteiger charge is 2.53. The third-order valence-electron chi connectivity index (χ3n) is 5.09. The molecule has 0 aromatic heterocycles. The van der Waals surface area contributed by atoms with E-state index in [9.17, 15) is 14.4 Å². The number of hydrogen-bond donors (Lipinski definition) is 1. The Morgan fingerprint density at radius 1 is 0.958 bits per heavy atom. The van der Waals surface area contributed by atoms with Crippen molar-refractivity contribution in [1.82, 2.24) is 10.2 Å². The van der Waals surface area contributed by atoms with Crippen LogP contribution in [-0.2, 0) is 4.79 Å². The first kappa shape index (κ1) is 14.9. The zero-order valence-corrected chi connectivity index (χ0v) is 13.2. The van der Waals surface area contributed by atoms with Crippen LogP contribution in [0, 0.1) is 0 Å². The van der Waals surface area contributed by atoms with Gasteiger partial charge in [-0.05, 0) is 29.7 Å². The summed E-state index contributed by atoms with van der Waals surface area (Å²) >= 11 is 0. The van der Waals surface area contributed by atoms with Crippen molar-refractivity contribution in [2.45, 2.75) is 37.6 Å². The summed E-state index contributed by atoms with van der Waals surface area (Å²) < 4.78 is 0. The lowest BCUT2D eigenvalue weighted by molar-refractivity contribution is -0.130. The average Bonchev–Trinajstić information content (AvgIpc) is 2.84. The first-order valence-corrected chi connectivity index (χ1v) is 8.31. The zero-order chi connectivity index (χ0) is 16.7. The molecule has 5 nitrogen and oxygen atoms in total. The number of benzene rings is 2. The van der Waals surface area contributed by atoms with E-state index in [0.29, 0.717) is 18.4 Å². The molecular weight excluding hydrogens is 304 g/mol. The Bertz CT molecular complexity index is 847. The van der Waals surface area contributed by atoms with Crippen LogP contribution in [0.1, 0.15) is 42.5 Å². The van der Waals surface area contributed by atoms with E-state index in [2.05, 4.69) is 5.32 Å². The molecule has 4 amide bonds. The van der Waals surface area contributed by atoms with E-state index in [1.165, 1.54) is 0 Å². The first-order chi connectivity index (χ1) is 11.6. The van der Waals surface area contributed by atoms with Crippen molar-refractivity contribution in [3.05, 3.63) is 48.0 Å². The van der Waals surface area contributed by atoms with Crippen LogP contribution in [-0.4, -0.2) is 28.3 Å². The smallest absolute Gasteiger partial charge is 0.323 e. The molecule has 0 bridgehead atoms. The fourth-order valence-corrected chi connectivity index (χ4v) is 3.83. The summed E-state index contributed by atoms with van der Waals surface area (Å²) in [4.78, 5) is 39.0. The third-order valence-corrected chi connectivity index (χ3v) is 5.09. The van der Waals surface area contributed by atoms with Crippen molar-refractivity contribution in [3.8, 4) is 0 Å². The maximum absolute atomic E-state index is 13.0. The van der Waals surface area contributed by atoms with Gasteiger partial charge in [-0.2, -0.15) is 4.90 Å². The summed E-state index contributed by atoms with van der Waals surface area (Å²) in [6, 6.07) is 12.2. The van der Waals surface area contributed by atoms with Gasteiger partial charge in [-0.15, -0.1) is 0 Å². The number of carbonyl (C=O) groups is 3. The molecule has 2 fully saturated rings. The number of imide groups is 3. The quantitative estimate of drug-likeness (QED) is 0.647. The van der Waals surface area contributed by atoms with Crippen LogP contribution in [0.25, 0.3) is 10.8 Å². The minimum atomic E-state index is -0.879. The van der Waals surface area contributed by atoms with Gasteiger partial charge in [0.15, 0.2) is 0 Å². The molecule has 4 rings (SSSR count). The number of nitrogens with one attached hydrogen (secondary N) is 1. The molecule has 122 valence electrons. The van der Waals surface area contributed by atoms with Gasteiger partial charge in [0.25, 0.3) is 11.8 Å². The van der Waals surface area contributed by atoms with Crippen LogP contribution < -0.4 is 5.32 Å². The van der Waals surface area contributed by atoms with Crippen LogP contribution >= 0.6 is 0 Å². The van der Waals surface area contributed by atoms with Gasteiger partial charge in [0.1, 0.15) is 5.54 Å². The lowest BCUT2D eigenvalue weighted by Gasteiger charge is -2.30. The van der Waals surface area contributed by atoms with Gasteiger partial charge in [0.05, 0.1) is 0 Å². The third kappa shape index (κ3) is 2.12. The number of amides is 4. The van der Waals surface area contributed by atoms with Crippen LogP contribution in [0.4, 0.5) is 4.79 Å². The fourth-order valence-electron chi connectivity index (χ4n) is 3.83. The standard InChI is InChI=1S/C19H18N2O3/c22-16(15-10-6-8-13-7-2-3-9-14(13)15)21-17(23)19(20-18(21)24)11-4-1-5-12-19/h2-3,6-10H,1,4-5,11-12H2,(H,20,24). The van der Waals surface area contributed by atoms with E-state index in [4.69, 9.17) is 0 Å². The molecule has 0 unspecified atom stereocenters. The summed E-state index contributed by atoms with van der Waals surface area (Å²) in [6.45, 7) is 0. The van der Waals surface area contributed by atoms with Crippen molar-refractivity contribution >= 4 is 28.6 Å². The highest BCUT2D eigenvalue weighted by Crippen LogP contribution is 2.34. The fraction of sp³-hybridized carbons (Fsp3) is 0.316. The summed E-state index contributed by atoms with van der Waals surface area (Å²) in [5.41, 5.74) is -0.500. The normalized spacial score (nSPS) is 19.8. The Morgan fingerprint density at radius 2 is 1.67 bits per heavy atom. The molecular formula is C19H18N2O3. The average molecular weight is 322 g/mol. The van der Waals surface area contributed by atoms with Crippen LogP contribution in [0.3, 0.4) is 0 Å². The molecule has 1 saturated carbocycles. The first-order valence-electron chi connectivity index (χ1n) is 8.31. The van der Waals surface area contributed by atoms with Gasteiger partial charge < -0.3 is 5.32 Å². The highest BCUT2D eigenvalue weighted by atomic mass is 16.2. The van der Waals surface area contributed by atoms with E-state index in [-0.39, 0.29) is 0 Å². The second-order valence-corrected chi connectivity index (χ2v) is 6.55. The van der Waals surface area contributed by atoms with Crippen molar-refractivity contribution in [1.29, 1.82) is 0 Å². The van der Waals surface area contributed by atoms with Crippen LogP contribution in [0.2, 0.25) is 0 Å². The SMILES string of the molecule is O=C1NC2(CCCCC2)C(=O)N1C(=O)c1cccc2ccccc12. The summed E-state index contributed by atoms with van der Waals surface area (Å²) in [5, 5.41) is 4.44. The molecule has 1 aliphatic carbocycles. The molecule has 2 aliphatic rings. The summed E-state index contributed by atoms with van der Waals surface area (Å²) in [7, 11) is 0. The second kappa shape index (κ2) is 5.44. The number of nitrogens with zero attached hydrogens (tertiary/aromatic N) is 1. The predicted octanol–water partition coefficient (Wildman–Crippen LogP) is 3.23. The van der Waals surface area contributed by atoms with Crippen molar-refractivity contribution in [2.75, 3.05) is 0 Å². The molecule has 0 radical (unpaired) electrons. The van der Waals surface area contributed by atoms with E-state index in [1.54, 1.807) is 12.1 Å². The predicted molar refractivity (Wildman–Crippen MR) is 89.5 cm³/mol. The molecule has 0 atom stereocenters. The number of fused-ring (bicyclic) bond motifs is 1. The molecule has 2 aromatic carbocycles. The lowest BCUT2D eigenvalue weighted by atomic mass is 9.81. The molecule has 1 saturated heterocycles. The molecule has 1 heterocycles. The van der Waals surface area contributed by atoms with Crippen LogP contribution in [0.5, 0.6) is 0 Å². The van der Waals surface area contributed by atoms with Crippen molar-refractivity contribution in [2.24, 2.45) is 0 Å². The molecule has 24 heavy (non-hydrogen) atoms. The Hall–Kier alpha value is -2.69. The second-order valence-electron chi connectivity index (χ2n) is 6.55. The van der Waals surface area contributed by atoms with Gasteiger partial charge in [0, 0.05) is 5.56 Å². The van der Waals surface area contributed by atoms with Crippen molar-refractivity contribution < 1.29 is 14.4 Å². The van der Waals surface area contributed by atoms with Gasteiger partial charge in [-0.1, -0.05) is 55.7 Å². The van der Waals surface area contributed by atoms with Gasteiger partial charge in [-0.3, -0.25) is 9.59 Å². The van der Waals surface area contributed by atoms with Crippen LogP contribution in [0.15, 0.2) is 42.5 Å². The maximum atomic E-state index is 13.0. The Balaban J connectivity index is 1.74. The molecule has 5 heteroatoms.